The number of hydrogen-bond donors (Lipinski definition) is 0. The van der Waals surface area contributed by atoms with Gasteiger partial charge in [-0.1, -0.05) is 57.9 Å². The summed E-state index contributed by atoms with van der Waals surface area (Å²) in [5, 5.41) is 0. The van der Waals surface area contributed by atoms with Gasteiger partial charge in [-0.25, -0.2) is 0 Å². The van der Waals surface area contributed by atoms with E-state index >= 15 is 0 Å². The van der Waals surface area contributed by atoms with Gasteiger partial charge in [-0.05, 0) is 30.4 Å². The van der Waals surface area contributed by atoms with Crippen molar-refractivity contribution in [3.63, 3.8) is 0 Å². The third-order valence-corrected chi connectivity index (χ3v) is 4.79. The smallest absolute Gasteiger partial charge is 0.0227 e. The Morgan fingerprint density at radius 1 is 1.14 bits per heavy atom. The summed E-state index contributed by atoms with van der Waals surface area (Å²) in [4.78, 5) is 0. The fraction of sp³-hybridized carbons (Fsp3) is 0.385. The molecule has 76 valence electrons. The lowest BCUT2D eigenvalue weighted by molar-refractivity contribution is 1.42. The van der Waals surface area contributed by atoms with Gasteiger partial charge in [-0.15, -0.1) is 0 Å². The molecule has 0 unspecified atom stereocenters. The van der Waals surface area contributed by atoms with Crippen molar-refractivity contribution in [3.8, 4) is 0 Å². The van der Waals surface area contributed by atoms with Gasteiger partial charge in [0.1, 0.15) is 0 Å². The van der Waals surface area contributed by atoms with Crippen LogP contribution < -0.4 is 0 Å². The molecule has 0 nitrogen and oxygen atoms in total. The Bertz CT molecular complexity index is 283. The SMILES string of the molecule is CCP(C=C(C)c1ccccc1)CC. The van der Waals surface area contributed by atoms with Gasteiger partial charge in [0.2, 0.25) is 0 Å². The van der Waals surface area contributed by atoms with E-state index in [2.05, 4.69) is 56.9 Å². The minimum absolute atomic E-state index is 0.119. The molecule has 0 aliphatic carbocycles. The minimum atomic E-state index is 0.119. The van der Waals surface area contributed by atoms with Crippen molar-refractivity contribution < 1.29 is 0 Å². The largest absolute Gasteiger partial charge is 0.0835 e. The first-order valence-electron chi connectivity index (χ1n) is 5.25. The Kier molecular flexibility index (Phi) is 4.90. The molecule has 0 aromatic heterocycles. The molecule has 1 heteroatoms. The summed E-state index contributed by atoms with van der Waals surface area (Å²) >= 11 is 0. The first-order chi connectivity index (χ1) is 6.77. The van der Waals surface area contributed by atoms with E-state index < -0.39 is 0 Å². The van der Waals surface area contributed by atoms with Crippen molar-refractivity contribution in [1.82, 2.24) is 0 Å². The molecule has 1 aromatic rings. The van der Waals surface area contributed by atoms with Crippen LogP contribution in [0.15, 0.2) is 36.1 Å². The molecular formula is C13H19P. The van der Waals surface area contributed by atoms with Crippen LogP contribution in [0.1, 0.15) is 26.3 Å². The van der Waals surface area contributed by atoms with Crippen molar-refractivity contribution >= 4 is 13.5 Å². The van der Waals surface area contributed by atoms with Crippen LogP contribution in [-0.4, -0.2) is 12.3 Å². The van der Waals surface area contributed by atoms with Crippen molar-refractivity contribution in [3.05, 3.63) is 41.7 Å². The molecule has 0 bridgehead atoms. The highest BCUT2D eigenvalue weighted by atomic mass is 31.1. The van der Waals surface area contributed by atoms with E-state index in [9.17, 15) is 0 Å². The lowest BCUT2D eigenvalue weighted by Gasteiger charge is -2.09. The molecule has 0 spiro atoms. The highest BCUT2D eigenvalue weighted by molar-refractivity contribution is 7.61. The van der Waals surface area contributed by atoms with Crippen LogP contribution in [0.3, 0.4) is 0 Å². The maximum atomic E-state index is 2.46. The maximum absolute atomic E-state index is 2.46. The highest BCUT2D eigenvalue weighted by Crippen LogP contribution is 2.38. The van der Waals surface area contributed by atoms with Crippen LogP contribution in [0.4, 0.5) is 0 Å². The zero-order chi connectivity index (χ0) is 10.4. The van der Waals surface area contributed by atoms with E-state index in [4.69, 9.17) is 0 Å². The van der Waals surface area contributed by atoms with Crippen molar-refractivity contribution in [2.24, 2.45) is 0 Å². The first-order valence-corrected chi connectivity index (χ1v) is 7.04. The van der Waals surface area contributed by atoms with E-state index in [-0.39, 0.29) is 7.92 Å². The fourth-order valence-corrected chi connectivity index (χ4v) is 2.96. The Hall–Kier alpha value is -0.610. The van der Waals surface area contributed by atoms with Gasteiger partial charge < -0.3 is 0 Å². The Labute approximate surface area is 88.8 Å². The lowest BCUT2D eigenvalue weighted by Crippen LogP contribution is -1.82. The molecule has 0 saturated heterocycles. The third-order valence-electron chi connectivity index (χ3n) is 2.42. The van der Waals surface area contributed by atoms with Gasteiger partial charge >= 0.3 is 0 Å². The number of benzene rings is 1. The van der Waals surface area contributed by atoms with Crippen LogP contribution in [0, 0.1) is 0 Å². The average molecular weight is 206 g/mol. The highest BCUT2D eigenvalue weighted by Gasteiger charge is 2.00. The topological polar surface area (TPSA) is 0 Å². The second-order valence-electron chi connectivity index (χ2n) is 3.40. The fourth-order valence-electron chi connectivity index (χ4n) is 1.46. The van der Waals surface area contributed by atoms with Crippen LogP contribution in [0.25, 0.3) is 5.57 Å². The summed E-state index contributed by atoms with van der Waals surface area (Å²) in [6.07, 6.45) is 2.60. The molecule has 0 aliphatic heterocycles. The molecular weight excluding hydrogens is 187 g/mol. The second kappa shape index (κ2) is 5.98. The quantitative estimate of drug-likeness (QED) is 0.633. The molecule has 0 aliphatic rings. The first kappa shape index (κ1) is 11.5. The Morgan fingerprint density at radius 3 is 2.21 bits per heavy atom. The predicted octanol–water partition coefficient (Wildman–Crippen LogP) is 4.57. The second-order valence-corrected chi connectivity index (χ2v) is 6.10. The van der Waals surface area contributed by atoms with Crippen LogP contribution in [0.2, 0.25) is 0 Å². The summed E-state index contributed by atoms with van der Waals surface area (Å²) < 4.78 is 0. The summed E-state index contributed by atoms with van der Waals surface area (Å²) in [7, 11) is 0.119. The van der Waals surface area contributed by atoms with E-state index in [1.807, 2.05) is 0 Å². The summed E-state index contributed by atoms with van der Waals surface area (Å²) in [6.45, 7) is 6.78. The molecule has 14 heavy (non-hydrogen) atoms. The van der Waals surface area contributed by atoms with Gasteiger partial charge in [-0.3, -0.25) is 0 Å². The van der Waals surface area contributed by atoms with Crippen LogP contribution in [0.5, 0.6) is 0 Å². The van der Waals surface area contributed by atoms with Gasteiger partial charge in [0.15, 0.2) is 0 Å². The summed E-state index contributed by atoms with van der Waals surface area (Å²) in [6, 6.07) is 10.6. The van der Waals surface area contributed by atoms with Gasteiger partial charge in [0, 0.05) is 0 Å². The lowest BCUT2D eigenvalue weighted by atomic mass is 10.1. The molecule has 0 atom stereocenters. The predicted molar refractivity (Wildman–Crippen MR) is 68.1 cm³/mol. The summed E-state index contributed by atoms with van der Waals surface area (Å²) in [5.41, 5.74) is 2.79. The van der Waals surface area contributed by atoms with E-state index in [1.54, 1.807) is 0 Å². The van der Waals surface area contributed by atoms with Crippen LogP contribution >= 0.6 is 7.92 Å². The van der Waals surface area contributed by atoms with Gasteiger partial charge in [-0.2, -0.15) is 0 Å². The molecule has 0 saturated carbocycles. The molecule has 1 rings (SSSR count). The zero-order valence-electron chi connectivity index (χ0n) is 9.33. The summed E-state index contributed by atoms with van der Waals surface area (Å²) in [5.74, 6) is 2.46. The average Bonchev–Trinajstić information content (AvgIpc) is 2.26. The van der Waals surface area contributed by atoms with Crippen molar-refractivity contribution in [2.45, 2.75) is 20.8 Å². The number of hydrogen-bond acceptors (Lipinski definition) is 0. The number of rotatable bonds is 4. The van der Waals surface area contributed by atoms with E-state index in [0.717, 1.165) is 0 Å². The maximum Gasteiger partial charge on any atom is -0.0227 e. The van der Waals surface area contributed by atoms with Crippen molar-refractivity contribution in [2.75, 3.05) is 12.3 Å². The Balaban J connectivity index is 2.78. The van der Waals surface area contributed by atoms with E-state index in [0.29, 0.717) is 0 Å². The monoisotopic (exact) mass is 206 g/mol. The molecule has 0 heterocycles. The molecule has 0 radical (unpaired) electrons. The normalized spacial score (nSPS) is 12.1. The Morgan fingerprint density at radius 2 is 1.71 bits per heavy atom. The van der Waals surface area contributed by atoms with E-state index in [1.165, 1.54) is 23.5 Å². The van der Waals surface area contributed by atoms with Gasteiger partial charge in [0.25, 0.3) is 0 Å². The molecule has 0 N–H and O–H groups in total. The zero-order valence-corrected chi connectivity index (χ0v) is 10.2. The number of allylic oxidation sites excluding steroid dienone is 1. The van der Waals surface area contributed by atoms with Crippen molar-refractivity contribution in [1.29, 1.82) is 0 Å². The van der Waals surface area contributed by atoms with Gasteiger partial charge in [0.05, 0.1) is 0 Å². The standard InChI is InChI=1S/C13H19P/c1-4-14(5-2)11-12(3)13-9-7-6-8-10-13/h6-11H,4-5H2,1-3H3. The minimum Gasteiger partial charge on any atom is -0.0835 e. The molecule has 0 fully saturated rings. The van der Waals surface area contributed by atoms with Crippen LogP contribution in [-0.2, 0) is 0 Å². The molecule has 0 amide bonds. The molecule has 1 aromatic carbocycles. The third kappa shape index (κ3) is 3.27.